The van der Waals surface area contributed by atoms with Gasteiger partial charge in [0.25, 0.3) is 0 Å². The molecule has 0 aliphatic heterocycles. The van der Waals surface area contributed by atoms with Gasteiger partial charge >= 0.3 is 0 Å². The zero-order chi connectivity index (χ0) is 10.5. The van der Waals surface area contributed by atoms with Crippen LogP contribution in [0.25, 0.3) is 33.7 Å². The maximum atomic E-state index is 5.62. The number of furan rings is 4. The number of rotatable bonds is 1. The van der Waals surface area contributed by atoms with Gasteiger partial charge in [0.2, 0.25) is 0 Å². The van der Waals surface area contributed by atoms with Crippen LogP contribution in [0.1, 0.15) is 0 Å². The third kappa shape index (κ3) is 0.883. The molecule has 78 valence electrons. The van der Waals surface area contributed by atoms with E-state index in [1.807, 2.05) is 6.07 Å². The van der Waals surface area contributed by atoms with Crippen molar-refractivity contribution in [2.75, 3.05) is 0 Å². The van der Waals surface area contributed by atoms with Crippen LogP contribution in [-0.4, -0.2) is 0 Å². The zero-order valence-electron chi connectivity index (χ0n) is 8.10. The van der Waals surface area contributed by atoms with E-state index in [1.165, 1.54) is 0 Å². The lowest BCUT2D eigenvalue weighted by Crippen LogP contribution is -1.65. The van der Waals surface area contributed by atoms with Crippen LogP contribution in [0.3, 0.4) is 0 Å². The van der Waals surface area contributed by atoms with Crippen LogP contribution in [0.5, 0.6) is 0 Å². The number of hydrogen-bond donors (Lipinski definition) is 0. The minimum atomic E-state index is 0.683. The van der Waals surface area contributed by atoms with Gasteiger partial charge in [-0.05, 0) is 0 Å². The molecular weight excluding hydrogens is 208 g/mol. The second-order valence-corrected chi connectivity index (χ2v) is 3.52. The molecule has 0 saturated carbocycles. The summed E-state index contributed by atoms with van der Waals surface area (Å²) in [6.45, 7) is 0. The van der Waals surface area contributed by atoms with Gasteiger partial charge in [0.1, 0.15) is 12.0 Å². The van der Waals surface area contributed by atoms with Gasteiger partial charge in [-0.2, -0.15) is 0 Å². The summed E-state index contributed by atoms with van der Waals surface area (Å²) in [5, 5.41) is 0. The van der Waals surface area contributed by atoms with Crippen molar-refractivity contribution in [1.29, 1.82) is 0 Å². The smallest absolute Gasteiger partial charge is 0.183 e. The van der Waals surface area contributed by atoms with Crippen LogP contribution in [0, 0.1) is 0 Å². The van der Waals surface area contributed by atoms with E-state index in [4.69, 9.17) is 17.7 Å². The third-order valence-electron chi connectivity index (χ3n) is 2.58. The van der Waals surface area contributed by atoms with Gasteiger partial charge in [0, 0.05) is 18.2 Å². The monoisotopic (exact) mass is 214 g/mol. The zero-order valence-corrected chi connectivity index (χ0v) is 8.10. The fraction of sp³-hybridized carbons (Fsp3) is 0. The molecule has 4 aromatic rings. The van der Waals surface area contributed by atoms with Crippen molar-refractivity contribution in [3.8, 4) is 11.3 Å². The first-order valence-electron chi connectivity index (χ1n) is 4.84. The molecule has 0 fully saturated rings. The minimum absolute atomic E-state index is 0.683. The lowest BCUT2D eigenvalue weighted by molar-refractivity contribution is 0.604. The first-order valence-corrected chi connectivity index (χ1v) is 4.84. The van der Waals surface area contributed by atoms with Crippen LogP contribution < -0.4 is 0 Å². The van der Waals surface area contributed by atoms with Gasteiger partial charge in [-0.25, -0.2) is 0 Å². The van der Waals surface area contributed by atoms with Crippen molar-refractivity contribution < 1.29 is 17.7 Å². The Labute approximate surface area is 89.0 Å². The molecule has 0 spiro atoms. The molecule has 0 bridgehead atoms. The van der Waals surface area contributed by atoms with E-state index in [0.29, 0.717) is 16.9 Å². The molecule has 4 heteroatoms. The summed E-state index contributed by atoms with van der Waals surface area (Å²) in [4.78, 5) is 0. The second kappa shape index (κ2) is 2.61. The van der Waals surface area contributed by atoms with E-state index in [9.17, 15) is 0 Å². The fourth-order valence-electron chi connectivity index (χ4n) is 1.83. The van der Waals surface area contributed by atoms with Crippen LogP contribution in [0.15, 0.2) is 54.7 Å². The standard InChI is InChI=1S/C12H6O4/c1-3-13-11-5-10(16-8(1)11)7-6-15-9-2-4-14-12(7)9/h1-6H. The molecule has 0 unspecified atom stereocenters. The van der Waals surface area contributed by atoms with E-state index in [0.717, 1.165) is 16.7 Å². The Kier molecular flexibility index (Phi) is 1.28. The quantitative estimate of drug-likeness (QED) is 0.480. The van der Waals surface area contributed by atoms with E-state index in [-0.39, 0.29) is 0 Å². The first kappa shape index (κ1) is 7.87. The van der Waals surface area contributed by atoms with E-state index >= 15 is 0 Å². The van der Waals surface area contributed by atoms with Gasteiger partial charge in [-0.3, -0.25) is 0 Å². The normalized spacial score (nSPS) is 11.8. The Bertz CT molecular complexity index is 736. The molecule has 0 N–H and O–H groups in total. The van der Waals surface area contributed by atoms with E-state index in [2.05, 4.69) is 0 Å². The average Bonchev–Trinajstić information content (AvgIpc) is 2.95. The molecule has 4 nitrogen and oxygen atoms in total. The highest BCUT2D eigenvalue weighted by Gasteiger charge is 2.16. The van der Waals surface area contributed by atoms with Crippen molar-refractivity contribution in [2.45, 2.75) is 0 Å². The second-order valence-electron chi connectivity index (χ2n) is 3.52. The summed E-state index contributed by atoms with van der Waals surface area (Å²) >= 11 is 0. The molecule has 0 aliphatic rings. The Morgan fingerprint density at radius 2 is 1.69 bits per heavy atom. The molecule has 0 aromatic carbocycles. The molecule has 0 saturated heterocycles. The molecule has 4 heterocycles. The summed E-state index contributed by atoms with van der Waals surface area (Å²) in [7, 11) is 0. The average molecular weight is 214 g/mol. The van der Waals surface area contributed by atoms with E-state index < -0.39 is 0 Å². The van der Waals surface area contributed by atoms with Crippen LogP contribution >= 0.6 is 0 Å². The Morgan fingerprint density at radius 3 is 2.62 bits per heavy atom. The number of hydrogen-bond acceptors (Lipinski definition) is 4. The highest BCUT2D eigenvalue weighted by Crippen LogP contribution is 2.34. The lowest BCUT2D eigenvalue weighted by Gasteiger charge is -1.87. The van der Waals surface area contributed by atoms with Crippen molar-refractivity contribution in [1.82, 2.24) is 0 Å². The van der Waals surface area contributed by atoms with Crippen molar-refractivity contribution in [3.05, 3.63) is 37.0 Å². The predicted octanol–water partition coefficient (Wildman–Crippen LogP) is 4.03. The first-order chi connectivity index (χ1) is 7.92. The predicted molar refractivity (Wildman–Crippen MR) is 56.0 cm³/mol. The molecule has 0 radical (unpaired) electrons. The molecule has 0 aliphatic carbocycles. The maximum Gasteiger partial charge on any atom is 0.183 e. The van der Waals surface area contributed by atoms with E-state index in [1.54, 1.807) is 30.9 Å². The van der Waals surface area contributed by atoms with Gasteiger partial charge in [0.15, 0.2) is 22.3 Å². The lowest BCUT2D eigenvalue weighted by atomic mass is 10.2. The molecule has 16 heavy (non-hydrogen) atoms. The van der Waals surface area contributed by atoms with Gasteiger partial charge in [-0.15, -0.1) is 0 Å². The van der Waals surface area contributed by atoms with Crippen molar-refractivity contribution in [2.24, 2.45) is 0 Å². The van der Waals surface area contributed by atoms with Crippen molar-refractivity contribution in [3.63, 3.8) is 0 Å². The topological polar surface area (TPSA) is 52.6 Å². The Morgan fingerprint density at radius 1 is 0.812 bits per heavy atom. The molecule has 4 rings (SSSR count). The summed E-state index contributed by atoms with van der Waals surface area (Å²) in [5.74, 6) is 0.683. The molecule has 0 atom stereocenters. The summed E-state index contributed by atoms with van der Waals surface area (Å²) in [5.41, 5.74) is 3.64. The molecule has 0 amide bonds. The fourth-order valence-corrected chi connectivity index (χ4v) is 1.83. The highest BCUT2D eigenvalue weighted by molar-refractivity contribution is 5.90. The highest BCUT2D eigenvalue weighted by atomic mass is 16.4. The summed E-state index contributed by atoms with van der Waals surface area (Å²) < 4.78 is 21.5. The maximum absolute atomic E-state index is 5.62. The van der Waals surface area contributed by atoms with Crippen LogP contribution in [-0.2, 0) is 0 Å². The van der Waals surface area contributed by atoms with Crippen molar-refractivity contribution >= 4 is 22.3 Å². The van der Waals surface area contributed by atoms with Crippen LogP contribution in [0.2, 0.25) is 0 Å². The minimum Gasteiger partial charge on any atom is -0.461 e. The molecule has 4 aromatic heterocycles. The third-order valence-corrected chi connectivity index (χ3v) is 2.58. The van der Waals surface area contributed by atoms with Gasteiger partial charge in [0.05, 0.1) is 18.1 Å². The Balaban J connectivity index is 2.03. The van der Waals surface area contributed by atoms with Crippen LogP contribution in [0.4, 0.5) is 0 Å². The Hall–Kier alpha value is -2.36. The SMILES string of the molecule is c1cc2oc(-c3coc4ccoc34)cc2o1. The summed E-state index contributed by atoms with van der Waals surface area (Å²) in [6, 6.07) is 5.37. The van der Waals surface area contributed by atoms with Gasteiger partial charge < -0.3 is 17.7 Å². The summed E-state index contributed by atoms with van der Waals surface area (Å²) in [6.07, 6.45) is 4.80. The number of fused-ring (bicyclic) bond motifs is 2. The molecular formula is C12H6O4. The van der Waals surface area contributed by atoms with Gasteiger partial charge in [-0.1, -0.05) is 0 Å². The largest absolute Gasteiger partial charge is 0.461 e.